The molecule has 0 atom stereocenters. The van der Waals surface area contributed by atoms with Crippen LogP contribution in [-0.2, 0) is 12.8 Å². The number of nitrogens with one attached hydrogen (secondary N) is 1. The third-order valence-electron chi connectivity index (χ3n) is 2.90. The number of thiazole rings is 1. The summed E-state index contributed by atoms with van der Waals surface area (Å²) in [7, 11) is 1.91. The summed E-state index contributed by atoms with van der Waals surface area (Å²) in [5.41, 5.74) is 3.89. The van der Waals surface area contributed by atoms with E-state index in [1.54, 1.807) is 11.3 Å². The van der Waals surface area contributed by atoms with E-state index >= 15 is 0 Å². The summed E-state index contributed by atoms with van der Waals surface area (Å²) < 4.78 is 0. The molecule has 1 heterocycles. The molecule has 0 aliphatic carbocycles. The maximum atomic E-state index is 4.47. The van der Waals surface area contributed by atoms with Gasteiger partial charge in [0.1, 0.15) is 0 Å². The number of benzene rings is 1. The number of anilines is 1. The van der Waals surface area contributed by atoms with Crippen molar-refractivity contribution in [3.8, 4) is 0 Å². The van der Waals surface area contributed by atoms with Gasteiger partial charge in [-0.25, -0.2) is 4.98 Å². The molecule has 0 fully saturated rings. The van der Waals surface area contributed by atoms with Gasteiger partial charge in [0.25, 0.3) is 0 Å². The molecule has 0 radical (unpaired) electrons. The van der Waals surface area contributed by atoms with Gasteiger partial charge in [-0.1, -0.05) is 31.2 Å². The molecule has 0 bridgehead atoms. The molecule has 3 heteroatoms. The van der Waals surface area contributed by atoms with E-state index in [0.29, 0.717) is 0 Å². The zero-order chi connectivity index (χ0) is 12.3. The summed E-state index contributed by atoms with van der Waals surface area (Å²) in [6.07, 6.45) is 2.08. The lowest BCUT2D eigenvalue weighted by atomic mass is 10.1. The summed E-state index contributed by atoms with van der Waals surface area (Å²) in [5, 5.41) is 4.10. The van der Waals surface area contributed by atoms with E-state index in [1.165, 1.54) is 16.0 Å². The molecule has 2 aromatic rings. The van der Waals surface area contributed by atoms with E-state index in [1.807, 2.05) is 7.05 Å². The Morgan fingerprint density at radius 1 is 1.18 bits per heavy atom. The van der Waals surface area contributed by atoms with Crippen LogP contribution in [0.1, 0.15) is 28.6 Å². The minimum atomic E-state index is 0.981. The molecule has 1 aromatic heterocycles. The van der Waals surface area contributed by atoms with Crippen molar-refractivity contribution in [1.29, 1.82) is 0 Å². The van der Waals surface area contributed by atoms with Gasteiger partial charge in [0.15, 0.2) is 5.13 Å². The van der Waals surface area contributed by atoms with Gasteiger partial charge in [-0.15, -0.1) is 11.3 Å². The molecule has 90 valence electrons. The fourth-order valence-corrected chi connectivity index (χ4v) is 2.73. The van der Waals surface area contributed by atoms with Gasteiger partial charge < -0.3 is 5.32 Å². The van der Waals surface area contributed by atoms with Crippen molar-refractivity contribution in [3.63, 3.8) is 0 Å². The zero-order valence-electron chi connectivity index (χ0n) is 10.6. The quantitative estimate of drug-likeness (QED) is 0.890. The minimum Gasteiger partial charge on any atom is -0.365 e. The largest absolute Gasteiger partial charge is 0.365 e. The van der Waals surface area contributed by atoms with E-state index in [-0.39, 0.29) is 0 Å². The fraction of sp³-hybridized carbons (Fsp3) is 0.357. The molecule has 2 nitrogen and oxygen atoms in total. The van der Waals surface area contributed by atoms with E-state index in [0.717, 1.165) is 23.7 Å². The summed E-state index contributed by atoms with van der Waals surface area (Å²) in [4.78, 5) is 5.81. The second-order valence-corrected chi connectivity index (χ2v) is 5.21. The van der Waals surface area contributed by atoms with Gasteiger partial charge >= 0.3 is 0 Å². The van der Waals surface area contributed by atoms with Crippen LogP contribution < -0.4 is 5.32 Å². The highest BCUT2D eigenvalue weighted by atomic mass is 32.1. The Kier molecular flexibility index (Phi) is 3.79. The smallest absolute Gasteiger partial charge is 0.182 e. The van der Waals surface area contributed by atoms with E-state index in [9.17, 15) is 0 Å². The third-order valence-corrected chi connectivity index (χ3v) is 4.08. The number of aromatic nitrogens is 1. The molecule has 2 rings (SSSR count). The molecule has 0 saturated carbocycles. The number of hydrogen-bond acceptors (Lipinski definition) is 3. The second-order valence-electron chi connectivity index (χ2n) is 4.12. The van der Waals surface area contributed by atoms with Gasteiger partial charge in [-0.2, -0.15) is 0 Å². The van der Waals surface area contributed by atoms with Crippen LogP contribution >= 0.6 is 11.3 Å². The van der Waals surface area contributed by atoms with Crippen molar-refractivity contribution < 1.29 is 0 Å². The highest BCUT2D eigenvalue weighted by Gasteiger charge is 2.07. The van der Waals surface area contributed by atoms with Crippen molar-refractivity contribution in [3.05, 3.63) is 46.0 Å². The monoisotopic (exact) mass is 246 g/mol. The van der Waals surface area contributed by atoms with Gasteiger partial charge in [0.2, 0.25) is 0 Å². The normalized spacial score (nSPS) is 10.5. The molecule has 0 unspecified atom stereocenters. The maximum absolute atomic E-state index is 4.47. The molecule has 0 spiro atoms. The van der Waals surface area contributed by atoms with Gasteiger partial charge in [-0.3, -0.25) is 0 Å². The Balaban J connectivity index is 2.16. The Morgan fingerprint density at radius 3 is 2.35 bits per heavy atom. The lowest BCUT2D eigenvalue weighted by Crippen LogP contribution is -1.88. The summed E-state index contributed by atoms with van der Waals surface area (Å²) in [6, 6.07) is 8.86. The SMILES string of the molecule is CCc1ccc(Cc2sc(NC)nc2C)cc1. The predicted molar refractivity (Wildman–Crippen MR) is 75.0 cm³/mol. The predicted octanol–water partition coefficient (Wildman–Crippen LogP) is 3.65. The number of hydrogen-bond donors (Lipinski definition) is 1. The fourth-order valence-electron chi connectivity index (χ4n) is 1.78. The first kappa shape index (κ1) is 12.1. The molecule has 1 N–H and O–H groups in total. The summed E-state index contributed by atoms with van der Waals surface area (Å²) in [5.74, 6) is 0. The lowest BCUT2D eigenvalue weighted by molar-refractivity contribution is 1.11. The van der Waals surface area contributed by atoms with Crippen molar-refractivity contribution in [2.24, 2.45) is 0 Å². The zero-order valence-corrected chi connectivity index (χ0v) is 11.4. The molecule has 1 aromatic carbocycles. The van der Waals surface area contributed by atoms with Crippen molar-refractivity contribution in [2.75, 3.05) is 12.4 Å². The van der Waals surface area contributed by atoms with E-state index in [4.69, 9.17) is 0 Å². The minimum absolute atomic E-state index is 0.981. The average Bonchev–Trinajstić information content (AvgIpc) is 2.71. The van der Waals surface area contributed by atoms with Crippen LogP contribution in [-0.4, -0.2) is 12.0 Å². The Hall–Kier alpha value is -1.35. The molecular weight excluding hydrogens is 228 g/mol. The Labute approximate surface area is 107 Å². The van der Waals surface area contributed by atoms with Gasteiger partial charge in [-0.05, 0) is 24.5 Å². The van der Waals surface area contributed by atoms with E-state index < -0.39 is 0 Å². The maximum Gasteiger partial charge on any atom is 0.182 e. The van der Waals surface area contributed by atoms with Crippen LogP contribution in [0.3, 0.4) is 0 Å². The molecule has 0 aliphatic heterocycles. The number of rotatable bonds is 4. The van der Waals surface area contributed by atoms with E-state index in [2.05, 4.69) is 48.4 Å². The second kappa shape index (κ2) is 5.32. The van der Waals surface area contributed by atoms with Crippen molar-refractivity contribution >= 4 is 16.5 Å². The molecule has 0 amide bonds. The highest BCUT2D eigenvalue weighted by molar-refractivity contribution is 7.15. The molecule has 17 heavy (non-hydrogen) atoms. The van der Waals surface area contributed by atoms with Gasteiger partial charge in [0.05, 0.1) is 5.69 Å². The molecule has 0 aliphatic rings. The Bertz CT molecular complexity index is 485. The van der Waals surface area contributed by atoms with Crippen LogP contribution in [0.4, 0.5) is 5.13 Å². The highest BCUT2D eigenvalue weighted by Crippen LogP contribution is 2.24. The summed E-state index contributed by atoms with van der Waals surface area (Å²) in [6.45, 7) is 4.26. The first-order valence-electron chi connectivity index (χ1n) is 5.94. The Morgan fingerprint density at radius 2 is 1.82 bits per heavy atom. The van der Waals surface area contributed by atoms with Crippen LogP contribution in [0, 0.1) is 6.92 Å². The number of aryl methyl sites for hydroxylation is 2. The van der Waals surface area contributed by atoms with Gasteiger partial charge in [0, 0.05) is 18.3 Å². The number of nitrogens with zero attached hydrogens (tertiary/aromatic N) is 1. The first-order chi connectivity index (χ1) is 8.22. The summed E-state index contributed by atoms with van der Waals surface area (Å²) >= 11 is 1.74. The van der Waals surface area contributed by atoms with Crippen molar-refractivity contribution in [2.45, 2.75) is 26.7 Å². The van der Waals surface area contributed by atoms with Crippen LogP contribution in [0.25, 0.3) is 0 Å². The lowest BCUT2D eigenvalue weighted by Gasteiger charge is -2.01. The molecule has 0 saturated heterocycles. The van der Waals surface area contributed by atoms with Crippen molar-refractivity contribution in [1.82, 2.24) is 4.98 Å². The topological polar surface area (TPSA) is 24.9 Å². The third kappa shape index (κ3) is 2.86. The van der Waals surface area contributed by atoms with Crippen LogP contribution in [0.2, 0.25) is 0 Å². The molecular formula is C14H18N2S. The average molecular weight is 246 g/mol. The standard InChI is InChI=1S/C14H18N2S/c1-4-11-5-7-12(8-6-11)9-13-10(2)16-14(15-3)17-13/h5-8H,4,9H2,1-3H3,(H,15,16). The van der Waals surface area contributed by atoms with Crippen LogP contribution in [0.5, 0.6) is 0 Å². The van der Waals surface area contributed by atoms with Crippen LogP contribution in [0.15, 0.2) is 24.3 Å². The first-order valence-corrected chi connectivity index (χ1v) is 6.76.